The molecule has 1 aromatic carbocycles. The Labute approximate surface area is 105 Å². The molecule has 0 amide bonds. The monoisotopic (exact) mass is 235 g/mol. The molecule has 2 N–H and O–H groups in total. The first kappa shape index (κ1) is 14.0. The zero-order chi connectivity index (χ0) is 12.8. The van der Waals surface area contributed by atoms with Crippen LogP contribution in [0.2, 0.25) is 0 Å². The van der Waals surface area contributed by atoms with E-state index in [1.165, 1.54) is 11.1 Å². The summed E-state index contributed by atoms with van der Waals surface area (Å²) >= 11 is 0. The summed E-state index contributed by atoms with van der Waals surface area (Å²) in [5, 5.41) is 0. The van der Waals surface area contributed by atoms with Crippen LogP contribution in [0.4, 0.5) is 0 Å². The maximum absolute atomic E-state index is 5.93. The molecule has 0 aromatic heterocycles. The van der Waals surface area contributed by atoms with Gasteiger partial charge in [0.2, 0.25) is 0 Å². The highest BCUT2D eigenvalue weighted by Gasteiger charge is 2.05. The molecule has 0 saturated carbocycles. The summed E-state index contributed by atoms with van der Waals surface area (Å²) in [7, 11) is 0. The summed E-state index contributed by atoms with van der Waals surface area (Å²) in [5.41, 5.74) is 8.49. The van der Waals surface area contributed by atoms with Gasteiger partial charge in [-0.15, -0.1) is 0 Å². The number of nitrogens with two attached hydrogens (primary N) is 1. The number of hydrogen-bond acceptors (Lipinski definition) is 2. The molecule has 0 saturated heterocycles. The van der Waals surface area contributed by atoms with E-state index in [0.29, 0.717) is 6.04 Å². The lowest BCUT2D eigenvalue weighted by Crippen LogP contribution is -2.19. The molecule has 0 radical (unpaired) electrons. The number of ether oxygens (including phenoxy) is 1. The lowest BCUT2D eigenvalue weighted by atomic mass is 10.0. The summed E-state index contributed by atoms with van der Waals surface area (Å²) in [6.07, 6.45) is 3.39. The normalized spacial score (nSPS) is 12.8. The van der Waals surface area contributed by atoms with Crippen LogP contribution in [-0.2, 0) is 6.42 Å². The van der Waals surface area contributed by atoms with Crippen LogP contribution in [0, 0.1) is 6.92 Å². The first-order valence-corrected chi connectivity index (χ1v) is 6.54. The zero-order valence-corrected chi connectivity index (χ0v) is 11.5. The predicted octanol–water partition coefficient (Wildman–Crippen LogP) is 3.45. The number of hydrogen-bond donors (Lipinski definition) is 1. The average Bonchev–Trinajstić information content (AvgIpc) is 2.28. The second kappa shape index (κ2) is 6.65. The Bertz CT molecular complexity index is 347. The summed E-state index contributed by atoms with van der Waals surface area (Å²) < 4.78 is 5.72. The maximum Gasteiger partial charge on any atom is 0.122 e. The third-order valence-electron chi connectivity index (χ3n) is 2.93. The van der Waals surface area contributed by atoms with Crippen molar-refractivity contribution in [3.05, 3.63) is 29.3 Å². The van der Waals surface area contributed by atoms with Gasteiger partial charge in [-0.3, -0.25) is 0 Å². The van der Waals surface area contributed by atoms with Crippen LogP contribution in [0.3, 0.4) is 0 Å². The Morgan fingerprint density at radius 2 is 2.00 bits per heavy atom. The van der Waals surface area contributed by atoms with E-state index in [2.05, 4.69) is 32.0 Å². The Balaban J connectivity index is 2.62. The minimum absolute atomic E-state index is 0.230. The molecule has 1 atom stereocenters. The van der Waals surface area contributed by atoms with Gasteiger partial charge in [-0.25, -0.2) is 0 Å². The van der Waals surface area contributed by atoms with E-state index in [1.54, 1.807) is 0 Å². The molecule has 0 aliphatic rings. The fourth-order valence-electron chi connectivity index (χ4n) is 1.81. The molecule has 1 rings (SSSR count). The van der Waals surface area contributed by atoms with E-state index in [-0.39, 0.29) is 6.10 Å². The van der Waals surface area contributed by atoms with Crippen LogP contribution in [-0.4, -0.2) is 12.1 Å². The van der Waals surface area contributed by atoms with Gasteiger partial charge in [-0.05, 0) is 57.2 Å². The topological polar surface area (TPSA) is 35.2 Å². The maximum atomic E-state index is 5.93. The van der Waals surface area contributed by atoms with Gasteiger partial charge in [0.15, 0.2) is 0 Å². The van der Waals surface area contributed by atoms with Crippen molar-refractivity contribution in [1.29, 1.82) is 0 Å². The van der Waals surface area contributed by atoms with Crippen molar-refractivity contribution in [2.75, 3.05) is 0 Å². The van der Waals surface area contributed by atoms with Crippen molar-refractivity contribution in [2.45, 2.75) is 59.1 Å². The van der Waals surface area contributed by atoms with Gasteiger partial charge in [0.25, 0.3) is 0 Å². The van der Waals surface area contributed by atoms with Gasteiger partial charge >= 0.3 is 0 Å². The number of aryl methyl sites for hydroxylation is 2. The van der Waals surface area contributed by atoms with E-state index >= 15 is 0 Å². The van der Waals surface area contributed by atoms with E-state index in [0.717, 1.165) is 25.0 Å². The molecule has 0 spiro atoms. The van der Waals surface area contributed by atoms with Crippen LogP contribution in [0.15, 0.2) is 18.2 Å². The SMILES string of the molecule is CCC(N)CCc1ccc(OC(C)C)c(C)c1. The summed E-state index contributed by atoms with van der Waals surface area (Å²) in [5.74, 6) is 0.989. The second-order valence-electron chi connectivity index (χ2n) is 4.97. The number of rotatable bonds is 6. The van der Waals surface area contributed by atoms with E-state index in [9.17, 15) is 0 Å². The molecule has 0 aliphatic carbocycles. The predicted molar refractivity (Wildman–Crippen MR) is 73.5 cm³/mol. The lowest BCUT2D eigenvalue weighted by Gasteiger charge is -2.14. The smallest absolute Gasteiger partial charge is 0.122 e. The van der Waals surface area contributed by atoms with Crippen molar-refractivity contribution in [2.24, 2.45) is 5.73 Å². The molecule has 0 bridgehead atoms. The average molecular weight is 235 g/mol. The number of benzene rings is 1. The van der Waals surface area contributed by atoms with E-state index < -0.39 is 0 Å². The zero-order valence-electron chi connectivity index (χ0n) is 11.5. The van der Waals surface area contributed by atoms with Gasteiger partial charge in [-0.2, -0.15) is 0 Å². The minimum Gasteiger partial charge on any atom is -0.491 e. The Morgan fingerprint density at radius 3 is 2.53 bits per heavy atom. The molecule has 0 aliphatic heterocycles. The van der Waals surface area contributed by atoms with Crippen LogP contribution in [0.5, 0.6) is 5.75 Å². The van der Waals surface area contributed by atoms with Gasteiger partial charge in [0.05, 0.1) is 6.10 Å². The van der Waals surface area contributed by atoms with Crippen molar-refractivity contribution in [3.63, 3.8) is 0 Å². The third kappa shape index (κ3) is 4.78. The van der Waals surface area contributed by atoms with Crippen molar-refractivity contribution < 1.29 is 4.74 Å². The molecule has 1 unspecified atom stereocenters. The van der Waals surface area contributed by atoms with Crippen molar-refractivity contribution >= 4 is 0 Å². The second-order valence-corrected chi connectivity index (χ2v) is 4.97. The first-order valence-electron chi connectivity index (χ1n) is 6.54. The van der Waals surface area contributed by atoms with Gasteiger partial charge in [-0.1, -0.05) is 19.1 Å². The van der Waals surface area contributed by atoms with Gasteiger partial charge in [0.1, 0.15) is 5.75 Å². The standard InChI is InChI=1S/C15H25NO/c1-5-14(16)8-6-13-7-9-15(12(4)10-13)17-11(2)3/h7,9-11,14H,5-6,8,16H2,1-4H3. The molecule has 2 nitrogen and oxygen atoms in total. The van der Waals surface area contributed by atoms with Crippen LogP contribution < -0.4 is 10.5 Å². The fraction of sp³-hybridized carbons (Fsp3) is 0.600. The third-order valence-corrected chi connectivity index (χ3v) is 2.93. The molecule has 2 heteroatoms. The molecular formula is C15H25NO. The minimum atomic E-state index is 0.230. The summed E-state index contributed by atoms with van der Waals surface area (Å²) in [6.45, 7) is 8.33. The van der Waals surface area contributed by atoms with E-state index in [1.807, 2.05) is 13.8 Å². The highest BCUT2D eigenvalue weighted by atomic mass is 16.5. The Kier molecular flexibility index (Phi) is 5.49. The van der Waals surface area contributed by atoms with E-state index in [4.69, 9.17) is 10.5 Å². The first-order chi connectivity index (χ1) is 8.02. The Hall–Kier alpha value is -1.02. The lowest BCUT2D eigenvalue weighted by molar-refractivity contribution is 0.240. The van der Waals surface area contributed by atoms with Crippen molar-refractivity contribution in [3.8, 4) is 5.75 Å². The van der Waals surface area contributed by atoms with Gasteiger partial charge in [0, 0.05) is 6.04 Å². The molecular weight excluding hydrogens is 210 g/mol. The van der Waals surface area contributed by atoms with Gasteiger partial charge < -0.3 is 10.5 Å². The summed E-state index contributed by atoms with van der Waals surface area (Å²) in [4.78, 5) is 0. The molecule has 96 valence electrons. The fourth-order valence-corrected chi connectivity index (χ4v) is 1.81. The Morgan fingerprint density at radius 1 is 1.29 bits per heavy atom. The summed E-state index contributed by atoms with van der Waals surface area (Å²) in [6, 6.07) is 6.75. The molecule has 0 heterocycles. The molecule has 1 aromatic rings. The highest BCUT2D eigenvalue weighted by Crippen LogP contribution is 2.21. The van der Waals surface area contributed by atoms with Crippen molar-refractivity contribution in [1.82, 2.24) is 0 Å². The van der Waals surface area contributed by atoms with Crippen LogP contribution in [0.1, 0.15) is 44.7 Å². The van der Waals surface area contributed by atoms with Crippen LogP contribution >= 0.6 is 0 Å². The largest absolute Gasteiger partial charge is 0.491 e. The highest BCUT2D eigenvalue weighted by molar-refractivity contribution is 5.36. The molecule has 17 heavy (non-hydrogen) atoms. The molecule has 0 fully saturated rings. The quantitative estimate of drug-likeness (QED) is 0.819. The van der Waals surface area contributed by atoms with Crippen LogP contribution in [0.25, 0.3) is 0 Å².